The van der Waals surface area contributed by atoms with Crippen LogP contribution < -0.4 is 9.47 Å². The standard InChI is InChI=1S/C17H18FN3O6S/c1-26-15-16(20-7-6-19-15)27-11-3-2-8-21(10-11)28(24,25)12-4-5-14(18)13(9-12)17(22)23/h4-7,9,11H,2-3,8,10H2,1H3,(H,22,23). The summed E-state index contributed by atoms with van der Waals surface area (Å²) in [6.07, 6.45) is 3.50. The van der Waals surface area contributed by atoms with Crippen molar-refractivity contribution in [1.29, 1.82) is 0 Å². The summed E-state index contributed by atoms with van der Waals surface area (Å²) in [6, 6.07) is 2.70. The molecule has 3 rings (SSSR count). The van der Waals surface area contributed by atoms with E-state index in [0.29, 0.717) is 12.8 Å². The van der Waals surface area contributed by atoms with E-state index in [1.807, 2.05) is 0 Å². The molecule has 9 nitrogen and oxygen atoms in total. The molecule has 2 aromatic rings. The Hall–Kier alpha value is -2.79. The molecule has 1 atom stereocenters. The molecule has 1 aromatic heterocycles. The van der Waals surface area contributed by atoms with Gasteiger partial charge in [-0.2, -0.15) is 4.31 Å². The summed E-state index contributed by atoms with van der Waals surface area (Å²) in [5.74, 6) is -2.19. The van der Waals surface area contributed by atoms with E-state index < -0.39 is 33.5 Å². The molecular formula is C17H18FN3O6S. The van der Waals surface area contributed by atoms with Crippen molar-refractivity contribution in [3.05, 3.63) is 42.0 Å². The van der Waals surface area contributed by atoms with Crippen LogP contribution >= 0.6 is 0 Å². The number of aromatic carboxylic acids is 1. The number of rotatable bonds is 6. The van der Waals surface area contributed by atoms with Gasteiger partial charge in [0.05, 0.1) is 24.1 Å². The summed E-state index contributed by atoms with van der Waals surface area (Å²) in [7, 11) is -2.60. The third-order valence-corrected chi connectivity index (χ3v) is 6.11. The van der Waals surface area contributed by atoms with Gasteiger partial charge < -0.3 is 14.6 Å². The van der Waals surface area contributed by atoms with Crippen LogP contribution in [0.1, 0.15) is 23.2 Å². The molecule has 11 heteroatoms. The van der Waals surface area contributed by atoms with Gasteiger partial charge in [-0.25, -0.2) is 27.6 Å². The molecule has 1 unspecified atom stereocenters. The van der Waals surface area contributed by atoms with Gasteiger partial charge in [0.2, 0.25) is 10.0 Å². The minimum absolute atomic E-state index is 0.0296. The van der Waals surface area contributed by atoms with Gasteiger partial charge >= 0.3 is 5.97 Å². The monoisotopic (exact) mass is 411 g/mol. The fraction of sp³-hybridized carbons (Fsp3) is 0.353. The maximum Gasteiger partial charge on any atom is 0.338 e. The van der Waals surface area contributed by atoms with E-state index in [2.05, 4.69) is 9.97 Å². The summed E-state index contributed by atoms with van der Waals surface area (Å²) < 4.78 is 51.4. The number of aromatic nitrogens is 2. The van der Waals surface area contributed by atoms with Crippen LogP contribution in [-0.4, -0.2) is 60.1 Å². The first-order valence-electron chi connectivity index (χ1n) is 8.37. The molecule has 0 amide bonds. The molecule has 1 aromatic carbocycles. The molecule has 0 radical (unpaired) electrons. The van der Waals surface area contributed by atoms with Gasteiger partial charge in [-0.3, -0.25) is 0 Å². The van der Waals surface area contributed by atoms with E-state index in [9.17, 15) is 17.6 Å². The first-order chi connectivity index (χ1) is 13.3. The Bertz CT molecular complexity index is 985. The molecule has 0 bridgehead atoms. The van der Waals surface area contributed by atoms with Gasteiger partial charge in [-0.1, -0.05) is 0 Å². The molecule has 1 fully saturated rings. The number of methoxy groups -OCH3 is 1. The van der Waals surface area contributed by atoms with Crippen LogP contribution in [0.5, 0.6) is 11.8 Å². The molecule has 0 aliphatic carbocycles. The molecule has 0 spiro atoms. The van der Waals surface area contributed by atoms with Crippen molar-refractivity contribution in [3.8, 4) is 11.8 Å². The molecule has 28 heavy (non-hydrogen) atoms. The Labute approximate surface area is 160 Å². The molecule has 0 saturated carbocycles. The molecule has 150 valence electrons. The normalized spacial score (nSPS) is 17.9. The zero-order chi connectivity index (χ0) is 20.3. The largest absolute Gasteiger partial charge is 0.478 e. The van der Waals surface area contributed by atoms with Gasteiger partial charge in [-0.15, -0.1) is 0 Å². The van der Waals surface area contributed by atoms with E-state index in [-0.39, 0.29) is 29.7 Å². The fourth-order valence-corrected chi connectivity index (χ4v) is 4.43. The number of nitrogens with zero attached hydrogens (tertiary/aromatic N) is 3. The highest BCUT2D eigenvalue weighted by Crippen LogP contribution is 2.27. The van der Waals surface area contributed by atoms with Crippen LogP contribution in [0.25, 0.3) is 0 Å². The molecule has 1 aliphatic rings. The number of ether oxygens (including phenoxy) is 2. The van der Waals surface area contributed by atoms with Crippen molar-refractivity contribution >= 4 is 16.0 Å². The Morgan fingerprint density at radius 3 is 2.68 bits per heavy atom. The minimum atomic E-state index is -4.02. The number of hydrogen-bond donors (Lipinski definition) is 1. The van der Waals surface area contributed by atoms with Gasteiger partial charge in [-0.05, 0) is 31.0 Å². The van der Waals surface area contributed by atoms with E-state index in [0.717, 1.165) is 18.2 Å². The van der Waals surface area contributed by atoms with E-state index >= 15 is 0 Å². The Morgan fingerprint density at radius 2 is 2.00 bits per heavy atom. The molecule has 1 saturated heterocycles. The predicted molar refractivity (Wildman–Crippen MR) is 94.4 cm³/mol. The quantitative estimate of drug-likeness (QED) is 0.761. The second-order valence-electron chi connectivity index (χ2n) is 6.06. The molecular weight excluding hydrogens is 393 g/mol. The zero-order valence-corrected chi connectivity index (χ0v) is 15.7. The average Bonchev–Trinajstić information content (AvgIpc) is 2.68. The van der Waals surface area contributed by atoms with Crippen LogP contribution in [0.2, 0.25) is 0 Å². The summed E-state index contributed by atoms with van der Waals surface area (Å²) in [5, 5.41) is 9.03. The number of piperidine rings is 1. The lowest BCUT2D eigenvalue weighted by Gasteiger charge is -2.31. The zero-order valence-electron chi connectivity index (χ0n) is 14.9. The lowest BCUT2D eigenvalue weighted by Crippen LogP contribution is -2.44. The number of hydrogen-bond acceptors (Lipinski definition) is 7. The fourth-order valence-electron chi connectivity index (χ4n) is 2.89. The minimum Gasteiger partial charge on any atom is -0.478 e. The summed E-state index contributed by atoms with van der Waals surface area (Å²) >= 11 is 0. The van der Waals surface area contributed by atoms with Gasteiger partial charge in [0.15, 0.2) is 0 Å². The number of carboxylic acids is 1. The van der Waals surface area contributed by atoms with E-state index in [4.69, 9.17) is 14.6 Å². The second kappa shape index (κ2) is 8.07. The Balaban J connectivity index is 1.81. The highest BCUT2D eigenvalue weighted by atomic mass is 32.2. The van der Waals surface area contributed by atoms with Crippen molar-refractivity contribution in [2.24, 2.45) is 0 Å². The van der Waals surface area contributed by atoms with Crippen LogP contribution in [-0.2, 0) is 10.0 Å². The number of halogens is 1. The maximum absolute atomic E-state index is 13.6. The third-order valence-electron chi connectivity index (χ3n) is 4.25. The van der Waals surface area contributed by atoms with Crippen molar-refractivity contribution in [2.45, 2.75) is 23.8 Å². The maximum atomic E-state index is 13.6. The lowest BCUT2D eigenvalue weighted by atomic mass is 10.1. The summed E-state index contributed by atoms with van der Waals surface area (Å²) in [5.41, 5.74) is -0.699. The highest BCUT2D eigenvalue weighted by molar-refractivity contribution is 7.89. The molecule has 1 aliphatic heterocycles. The lowest BCUT2D eigenvalue weighted by molar-refractivity contribution is 0.0691. The first-order valence-corrected chi connectivity index (χ1v) is 9.81. The van der Waals surface area contributed by atoms with Gasteiger partial charge in [0.25, 0.3) is 11.8 Å². The van der Waals surface area contributed by atoms with E-state index in [1.165, 1.54) is 23.8 Å². The SMILES string of the molecule is COc1nccnc1OC1CCCN(S(=O)(=O)c2ccc(F)c(C(=O)O)c2)C1. The first kappa shape index (κ1) is 20.0. The number of carboxylic acid groups (broad SMARTS) is 1. The van der Waals surface area contributed by atoms with Gasteiger partial charge in [0.1, 0.15) is 11.9 Å². The Kier molecular flexibility index (Phi) is 5.75. The Morgan fingerprint density at radius 1 is 1.29 bits per heavy atom. The second-order valence-corrected chi connectivity index (χ2v) is 8.00. The topological polar surface area (TPSA) is 119 Å². The number of carbonyl (C=O) groups is 1. The van der Waals surface area contributed by atoms with Crippen LogP contribution in [0.4, 0.5) is 4.39 Å². The molecule has 2 heterocycles. The van der Waals surface area contributed by atoms with Crippen LogP contribution in [0.3, 0.4) is 0 Å². The van der Waals surface area contributed by atoms with Crippen molar-refractivity contribution in [1.82, 2.24) is 14.3 Å². The smallest absolute Gasteiger partial charge is 0.338 e. The van der Waals surface area contributed by atoms with Crippen LogP contribution in [0.15, 0.2) is 35.5 Å². The summed E-state index contributed by atoms with van der Waals surface area (Å²) in [6.45, 7) is 0.265. The molecule has 1 N–H and O–H groups in total. The number of benzene rings is 1. The highest BCUT2D eigenvalue weighted by Gasteiger charge is 2.32. The van der Waals surface area contributed by atoms with Crippen LogP contribution in [0, 0.1) is 5.82 Å². The van der Waals surface area contributed by atoms with E-state index in [1.54, 1.807) is 0 Å². The average molecular weight is 411 g/mol. The van der Waals surface area contributed by atoms with Crippen molar-refractivity contribution < 1.29 is 32.2 Å². The summed E-state index contributed by atoms with van der Waals surface area (Å²) in [4.78, 5) is 18.8. The van der Waals surface area contributed by atoms with Crippen molar-refractivity contribution in [2.75, 3.05) is 20.2 Å². The third kappa shape index (κ3) is 4.04. The van der Waals surface area contributed by atoms with Gasteiger partial charge in [0, 0.05) is 18.9 Å². The predicted octanol–water partition coefficient (Wildman–Crippen LogP) is 1.55. The van der Waals surface area contributed by atoms with Crippen molar-refractivity contribution in [3.63, 3.8) is 0 Å². The number of sulfonamides is 1.